The molecule has 5 heteroatoms. The maximum atomic E-state index is 12.4. The first-order chi connectivity index (χ1) is 12.7. The molecule has 1 N–H and O–H groups in total. The number of urea groups is 1. The van der Waals surface area contributed by atoms with Gasteiger partial charge in [-0.3, -0.25) is 4.79 Å². The number of hydrogen-bond acceptors (Lipinski definition) is 2. The Hall–Kier alpha value is -2.04. The van der Waals surface area contributed by atoms with Gasteiger partial charge in [-0.2, -0.15) is 0 Å². The Morgan fingerprint density at radius 3 is 2.31 bits per heavy atom. The molecular weight excluding hydrogens is 326 g/mol. The van der Waals surface area contributed by atoms with Crippen LogP contribution in [0.5, 0.6) is 0 Å². The Bertz CT molecular complexity index is 576. The molecule has 2 heterocycles. The van der Waals surface area contributed by atoms with Crippen molar-refractivity contribution < 1.29 is 9.59 Å². The first-order valence-electron chi connectivity index (χ1n) is 10.1. The molecule has 5 nitrogen and oxygen atoms in total. The Balaban J connectivity index is 1.33. The number of benzene rings is 1. The number of carbonyl (C=O) groups excluding carboxylic acids is 2. The van der Waals surface area contributed by atoms with Crippen LogP contribution < -0.4 is 5.32 Å². The number of hydrogen-bond donors (Lipinski definition) is 1. The van der Waals surface area contributed by atoms with E-state index >= 15 is 0 Å². The molecule has 0 bridgehead atoms. The molecule has 0 unspecified atom stereocenters. The van der Waals surface area contributed by atoms with Crippen LogP contribution >= 0.6 is 0 Å². The second kappa shape index (κ2) is 9.60. The van der Waals surface area contributed by atoms with E-state index < -0.39 is 0 Å². The molecule has 1 aromatic rings. The molecule has 142 valence electrons. The molecule has 0 aromatic heterocycles. The molecule has 2 aliphatic rings. The van der Waals surface area contributed by atoms with Crippen LogP contribution in [0.1, 0.15) is 44.1 Å². The van der Waals surface area contributed by atoms with Crippen LogP contribution in [0.25, 0.3) is 0 Å². The third-order valence-corrected chi connectivity index (χ3v) is 5.61. The predicted octanol–water partition coefficient (Wildman–Crippen LogP) is 3.05. The van der Waals surface area contributed by atoms with Crippen molar-refractivity contribution in [2.45, 2.75) is 44.9 Å². The van der Waals surface area contributed by atoms with Crippen LogP contribution in [-0.2, 0) is 11.2 Å². The van der Waals surface area contributed by atoms with Crippen LogP contribution in [0.3, 0.4) is 0 Å². The van der Waals surface area contributed by atoms with Gasteiger partial charge in [0, 0.05) is 39.1 Å². The van der Waals surface area contributed by atoms with Crippen LogP contribution in [0, 0.1) is 5.92 Å². The highest BCUT2D eigenvalue weighted by Gasteiger charge is 2.26. The van der Waals surface area contributed by atoms with Gasteiger partial charge in [-0.25, -0.2) is 4.79 Å². The van der Waals surface area contributed by atoms with Crippen molar-refractivity contribution in [3.8, 4) is 0 Å². The van der Waals surface area contributed by atoms with E-state index in [2.05, 4.69) is 17.4 Å². The summed E-state index contributed by atoms with van der Waals surface area (Å²) in [6.45, 7) is 4.05. The van der Waals surface area contributed by atoms with Crippen molar-refractivity contribution in [3.05, 3.63) is 35.9 Å². The smallest absolute Gasteiger partial charge is 0.317 e. The SMILES string of the molecule is O=C(CC1CCN(C(=O)NCCc2ccccc2)CC1)N1CCCCC1. The average molecular weight is 357 g/mol. The fourth-order valence-corrected chi connectivity index (χ4v) is 3.93. The quantitative estimate of drug-likeness (QED) is 0.880. The van der Waals surface area contributed by atoms with Crippen molar-refractivity contribution in [2.24, 2.45) is 5.92 Å². The van der Waals surface area contributed by atoms with Crippen molar-refractivity contribution >= 4 is 11.9 Å². The Morgan fingerprint density at radius 1 is 0.923 bits per heavy atom. The van der Waals surface area contributed by atoms with Gasteiger partial charge in [-0.15, -0.1) is 0 Å². The van der Waals surface area contributed by atoms with Crippen molar-refractivity contribution in [3.63, 3.8) is 0 Å². The molecule has 2 saturated heterocycles. The monoisotopic (exact) mass is 357 g/mol. The lowest BCUT2D eigenvalue weighted by Gasteiger charge is -2.33. The van der Waals surface area contributed by atoms with Crippen LogP contribution in [-0.4, -0.2) is 54.5 Å². The van der Waals surface area contributed by atoms with Gasteiger partial charge in [0.05, 0.1) is 0 Å². The second-order valence-corrected chi connectivity index (χ2v) is 7.54. The molecule has 3 amide bonds. The van der Waals surface area contributed by atoms with E-state index in [1.165, 1.54) is 12.0 Å². The molecule has 0 radical (unpaired) electrons. The minimum atomic E-state index is 0.0294. The third kappa shape index (κ3) is 5.48. The number of nitrogens with one attached hydrogen (secondary N) is 1. The minimum absolute atomic E-state index is 0.0294. The topological polar surface area (TPSA) is 52.7 Å². The van der Waals surface area contributed by atoms with Crippen molar-refractivity contribution in [2.75, 3.05) is 32.7 Å². The van der Waals surface area contributed by atoms with E-state index in [1.807, 2.05) is 28.0 Å². The van der Waals surface area contributed by atoms with E-state index in [0.717, 1.165) is 58.3 Å². The van der Waals surface area contributed by atoms with Crippen LogP contribution in [0.15, 0.2) is 30.3 Å². The molecule has 0 atom stereocenters. The zero-order valence-corrected chi connectivity index (χ0v) is 15.7. The normalized spacial score (nSPS) is 18.6. The highest BCUT2D eigenvalue weighted by molar-refractivity contribution is 5.77. The number of likely N-dealkylation sites (tertiary alicyclic amines) is 2. The zero-order chi connectivity index (χ0) is 18.2. The standard InChI is InChI=1S/C21H31N3O2/c25-20(23-13-5-2-6-14-23)17-19-10-15-24(16-11-19)21(26)22-12-9-18-7-3-1-4-8-18/h1,3-4,7-8,19H,2,5-6,9-17H2,(H,22,26). The second-order valence-electron chi connectivity index (χ2n) is 7.54. The lowest BCUT2D eigenvalue weighted by Crippen LogP contribution is -2.45. The number of carbonyl (C=O) groups is 2. The summed E-state index contributed by atoms with van der Waals surface area (Å²) in [6.07, 6.45) is 6.93. The maximum absolute atomic E-state index is 12.4. The minimum Gasteiger partial charge on any atom is -0.343 e. The fourth-order valence-electron chi connectivity index (χ4n) is 3.93. The van der Waals surface area contributed by atoms with Crippen LogP contribution in [0.4, 0.5) is 4.79 Å². The molecule has 3 rings (SSSR count). The van der Waals surface area contributed by atoms with E-state index in [0.29, 0.717) is 24.8 Å². The molecule has 2 fully saturated rings. The van der Waals surface area contributed by atoms with Crippen molar-refractivity contribution in [1.82, 2.24) is 15.1 Å². The summed E-state index contributed by atoms with van der Waals surface area (Å²) >= 11 is 0. The largest absolute Gasteiger partial charge is 0.343 e. The van der Waals surface area contributed by atoms with Gasteiger partial charge >= 0.3 is 6.03 Å². The highest BCUT2D eigenvalue weighted by atomic mass is 16.2. The molecule has 0 spiro atoms. The summed E-state index contributed by atoms with van der Waals surface area (Å²) in [5.41, 5.74) is 1.24. The summed E-state index contributed by atoms with van der Waals surface area (Å²) in [5.74, 6) is 0.744. The zero-order valence-electron chi connectivity index (χ0n) is 15.7. The lowest BCUT2D eigenvalue weighted by molar-refractivity contribution is -0.133. The van der Waals surface area contributed by atoms with Gasteiger partial charge < -0.3 is 15.1 Å². The van der Waals surface area contributed by atoms with Gasteiger partial charge in [0.15, 0.2) is 0 Å². The number of nitrogens with zero attached hydrogens (tertiary/aromatic N) is 2. The Labute approximate surface area is 156 Å². The van der Waals surface area contributed by atoms with E-state index in [-0.39, 0.29) is 6.03 Å². The summed E-state index contributed by atoms with van der Waals surface area (Å²) in [4.78, 5) is 28.6. The Morgan fingerprint density at radius 2 is 1.62 bits per heavy atom. The molecule has 1 aromatic carbocycles. The average Bonchev–Trinajstić information content (AvgIpc) is 2.70. The summed E-state index contributed by atoms with van der Waals surface area (Å²) in [5, 5.41) is 3.02. The molecule has 2 aliphatic heterocycles. The first kappa shape index (κ1) is 18.7. The Kier molecular flexibility index (Phi) is 6.92. The van der Waals surface area contributed by atoms with Gasteiger partial charge in [-0.1, -0.05) is 30.3 Å². The number of amides is 3. The van der Waals surface area contributed by atoms with Gasteiger partial charge in [0.2, 0.25) is 5.91 Å². The number of rotatable bonds is 5. The summed E-state index contributed by atoms with van der Waals surface area (Å²) in [6, 6.07) is 10.2. The van der Waals surface area contributed by atoms with E-state index in [1.54, 1.807) is 0 Å². The maximum Gasteiger partial charge on any atom is 0.317 e. The molecule has 0 saturated carbocycles. The summed E-state index contributed by atoms with van der Waals surface area (Å²) < 4.78 is 0. The fraction of sp³-hybridized carbons (Fsp3) is 0.619. The molecule has 26 heavy (non-hydrogen) atoms. The third-order valence-electron chi connectivity index (χ3n) is 5.61. The van der Waals surface area contributed by atoms with Gasteiger partial charge in [0.25, 0.3) is 0 Å². The summed E-state index contributed by atoms with van der Waals surface area (Å²) in [7, 11) is 0. The van der Waals surface area contributed by atoms with Gasteiger partial charge in [0.1, 0.15) is 0 Å². The van der Waals surface area contributed by atoms with Gasteiger partial charge in [-0.05, 0) is 50.0 Å². The first-order valence-corrected chi connectivity index (χ1v) is 10.1. The highest BCUT2D eigenvalue weighted by Crippen LogP contribution is 2.22. The number of piperidine rings is 2. The van der Waals surface area contributed by atoms with Crippen molar-refractivity contribution in [1.29, 1.82) is 0 Å². The predicted molar refractivity (Wildman–Crippen MR) is 103 cm³/mol. The van der Waals surface area contributed by atoms with E-state index in [9.17, 15) is 9.59 Å². The molecular formula is C21H31N3O2. The van der Waals surface area contributed by atoms with E-state index in [4.69, 9.17) is 0 Å². The molecule has 0 aliphatic carbocycles. The van der Waals surface area contributed by atoms with Crippen LogP contribution in [0.2, 0.25) is 0 Å². The lowest BCUT2D eigenvalue weighted by atomic mass is 9.93.